The molecule has 1 aliphatic carbocycles. The summed E-state index contributed by atoms with van der Waals surface area (Å²) >= 11 is 0. The van der Waals surface area contributed by atoms with Crippen molar-refractivity contribution in [2.24, 2.45) is 0 Å². The van der Waals surface area contributed by atoms with Crippen molar-refractivity contribution in [3.05, 3.63) is 53.5 Å². The number of amides is 4. The number of fused-ring (bicyclic) bond motifs is 1. The fourth-order valence-corrected chi connectivity index (χ4v) is 6.12. The maximum absolute atomic E-state index is 13.0. The lowest BCUT2D eigenvalue weighted by Crippen LogP contribution is -2.55. The van der Waals surface area contributed by atoms with Gasteiger partial charge < -0.3 is 20.3 Å². The number of aromatic nitrogens is 2. The first-order valence-electron chi connectivity index (χ1n) is 13.2. The molecule has 4 N–H and O–H groups in total. The Bertz CT molecular complexity index is 1330. The summed E-state index contributed by atoms with van der Waals surface area (Å²) in [4.78, 5) is 47.7. The third-order valence-electron chi connectivity index (χ3n) is 7.13. The number of hydrogen-bond donors (Lipinski definition) is 4. The normalized spacial score (nSPS) is 19.9. The predicted molar refractivity (Wildman–Crippen MR) is 144 cm³/mol. The molecule has 40 heavy (non-hydrogen) atoms. The molecule has 214 valence electrons. The molecule has 0 bridgehead atoms. The number of anilines is 1. The van der Waals surface area contributed by atoms with Gasteiger partial charge in [0.15, 0.2) is 11.5 Å². The Balaban J connectivity index is 1.12. The molecule has 5 rings (SSSR count). The molecule has 2 fully saturated rings. The summed E-state index contributed by atoms with van der Waals surface area (Å²) in [6.07, 6.45) is 4.26. The molecule has 1 aromatic heterocycles. The molecular formula is C25H32N8O6S. The number of piperidine rings is 1. The van der Waals surface area contributed by atoms with E-state index in [2.05, 4.69) is 25.9 Å². The van der Waals surface area contributed by atoms with Crippen molar-refractivity contribution in [3.63, 3.8) is 0 Å². The highest BCUT2D eigenvalue weighted by Crippen LogP contribution is 2.22. The second kappa shape index (κ2) is 12.1. The van der Waals surface area contributed by atoms with E-state index >= 15 is 0 Å². The fourth-order valence-electron chi connectivity index (χ4n) is 5.09. The van der Waals surface area contributed by atoms with Crippen LogP contribution in [0, 0.1) is 0 Å². The van der Waals surface area contributed by atoms with Crippen molar-refractivity contribution < 1.29 is 27.5 Å². The van der Waals surface area contributed by atoms with E-state index in [1.165, 1.54) is 28.4 Å². The number of carbonyl (C=O) groups is 3. The topological polar surface area (TPSA) is 175 Å². The molecule has 1 atom stereocenters. The zero-order valence-electron chi connectivity index (χ0n) is 21.8. The highest BCUT2D eigenvalue weighted by molar-refractivity contribution is 7.87. The van der Waals surface area contributed by atoms with Crippen LogP contribution in [0.1, 0.15) is 34.5 Å². The molecule has 1 unspecified atom stereocenters. The van der Waals surface area contributed by atoms with Gasteiger partial charge in [-0.1, -0.05) is 24.3 Å². The number of ether oxygens (including phenoxy) is 1. The van der Waals surface area contributed by atoms with Gasteiger partial charge in [-0.2, -0.15) is 12.7 Å². The molecule has 2 aliphatic heterocycles. The van der Waals surface area contributed by atoms with Gasteiger partial charge in [-0.05, 0) is 43.4 Å². The molecule has 0 spiro atoms. The Kier molecular flexibility index (Phi) is 8.42. The Morgan fingerprint density at radius 1 is 1.00 bits per heavy atom. The Labute approximate surface area is 232 Å². The summed E-state index contributed by atoms with van der Waals surface area (Å²) in [5, 5.41) is 8.68. The number of nitrogens with zero attached hydrogens (tertiary/aromatic N) is 4. The molecule has 2 aromatic rings. The van der Waals surface area contributed by atoms with Crippen molar-refractivity contribution in [1.82, 2.24) is 34.5 Å². The molecule has 0 saturated carbocycles. The Morgan fingerprint density at radius 3 is 2.38 bits per heavy atom. The van der Waals surface area contributed by atoms with Crippen LogP contribution in [0.25, 0.3) is 0 Å². The lowest BCUT2D eigenvalue weighted by atomic mass is 10.1. The number of nitrogens with one attached hydrogen (secondary N) is 4. The zero-order valence-corrected chi connectivity index (χ0v) is 22.7. The van der Waals surface area contributed by atoms with Gasteiger partial charge in [0.2, 0.25) is 0 Å². The van der Waals surface area contributed by atoms with E-state index in [0.717, 1.165) is 17.3 Å². The van der Waals surface area contributed by atoms with E-state index in [0.29, 0.717) is 25.8 Å². The minimum absolute atomic E-state index is 0.0103. The van der Waals surface area contributed by atoms with Crippen molar-refractivity contribution >= 4 is 34.1 Å². The van der Waals surface area contributed by atoms with Crippen molar-refractivity contribution in [3.8, 4) is 0 Å². The van der Waals surface area contributed by atoms with Crippen LogP contribution in [0.15, 0.2) is 36.7 Å². The van der Waals surface area contributed by atoms with Gasteiger partial charge >= 0.3 is 22.3 Å². The predicted octanol–water partition coefficient (Wildman–Crippen LogP) is 0.246. The van der Waals surface area contributed by atoms with Gasteiger partial charge in [-0.3, -0.25) is 10.1 Å². The second-order valence-electron chi connectivity index (χ2n) is 9.90. The lowest BCUT2D eigenvalue weighted by Gasteiger charge is -2.33. The van der Waals surface area contributed by atoms with E-state index in [9.17, 15) is 22.8 Å². The van der Waals surface area contributed by atoms with Gasteiger partial charge in [-0.25, -0.2) is 24.3 Å². The maximum atomic E-state index is 13.0. The van der Waals surface area contributed by atoms with Crippen LogP contribution in [-0.4, -0.2) is 97.0 Å². The van der Waals surface area contributed by atoms with Crippen LogP contribution < -0.4 is 20.7 Å². The Hall–Kier alpha value is -3.82. The second-order valence-corrected chi connectivity index (χ2v) is 11.6. The quantitative estimate of drug-likeness (QED) is 0.378. The van der Waals surface area contributed by atoms with Crippen molar-refractivity contribution in [2.45, 2.75) is 37.8 Å². The summed E-state index contributed by atoms with van der Waals surface area (Å²) in [6.45, 7) is 1.38. The molecule has 14 nitrogen and oxygen atoms in total. The summed E-state index contributed by atoms with van der Waals surface area (Å²) < 4.78 is 33.5. The first-order valence-corrected chi connectivity index (χ1v) is 14.7. The van der Waals surface area contributed by atoms with Crippen LogP contribution >= 0.6 is 0 Å². The minimum atomic E-state index is -4.14. The van der Waals surface area contributed by atoms with Gasteiger partial charge in [0, 0.05) is 51.2 Å². The van der Waals surface area contributed by atoms with E-state index in [1.54, 1.807) is 0 Å². The van der Waals surface area contributed by atoms with Gasteiger partial charge in [0.05, 0.1) is 0 Å². The first kappa shape index (κ1) is 27.7. The molecular weight excluding hydrogens is 540 g/mol. The van der Waals surface area contributed by atoms with Gasteiger partial charge in [0.25, 0.3) is 5.91 Å². The molecule has 15 heteroatoms. The third kappa shape index (κ3) is 6.66. The van der Waals surface area contributed by atoms with E-state index in [1.807, 2.05) is 29.0 Å². The van der Waals surface area contributed by atoms with Gasteiger partial charge in [0.1, 0.15) is 6.10 Å². The Morgan fingerprint density at radius 2 is 1.70 bits per heavy atom. The minimum Gasteiger partial charge on any atom is -0.444 e. The van der Waals surface area contributed by atoms with Crippen LogP contribution in [0.4, 0.5) is 15.4 Å². The van der Waals surface area contributed by atoms with Crippen LogP contribution in [0.3, 0.4) is 0 Å². The number of carbonyl (C=O) groups excluding carboxylic acids is 3. The first-order chi connectivity index (χ1) is 19.3. The SMILES string of the molecule is O=C(NS(=O)(=O)N1CCN(C(=O)Nc2nccnc2C(=O)NC2Cc3ccccc3C2)CC1)OC1CCCNC1. The average molecular weight is 573 g/mol. The molecule has 0 radical (unpaired) electrons. The van der Waals surface area contributed by atoms with Crippen LogP contribution in [-0.2, 0) is 27.8 Å². The van der Waals surface area contributed by atoms with E-state index in [4.69, 9.17) is 4.74 Å². The average Bonchev–Trinajstić information content (AvgIpc) is 3.36. The van der Waals surface area contributed by atoms with Crippen molar-refractivity contribution in [2.75, 3.05) is 44.6 Å². The van der Waals surface area contributed by atoms with E-state index < -0.39 is 28.2 Å². The van der Waals surface area contributed by atoms with E-state index in [-0.39, 0.29) is 49.8 Å². The van der Waals surface area contributed by atoms with Crippen LogP contribution in [0.5, 0.6) is 0 Å². The fraction of sp³-hybridized carbons (Fsp3) is 0.480. The number of hydrogen-bond acceptors (Lipinski definition) is 9. The summed E-state index contributed by atoms with van der Waals surface area (Å²) in [6, 6.07) is 7.38. The number of urea groups is 1. The maximum Gasteiger partial charge on any atom is 0.422 e. The summed E-state index contributed by atoms with van der Waals surface area (Å²) in [5.41, 5.74) is 2.37. The monoisotopic (exact) mass is 572 g/mol. The lowest BCUT2D eigenvalue weighted by molar-refractivity contribution is 0.0864. The van der Waals surface area contributed by atoms with Gasteiger partial charge in [-0.15, -0.1) is 0 Å². The zero-order chi connectivity index (χ0) is 28.1. The standard InChI is InChI=1S/C25H32N8O6S/c34-23(29-19-14-17-4-1-2-5-18(17)15-19)21-22(28-9-8-27-21)30-24(35)32-10-12-33(13-11-32)40(37,38)31-25(36)39-20-6-3-7-26-16-20/h1-2,4-5,8-9,19-20,26H,3,6-7,10-16H2,(H,29,34)(H,31,36)(H,28,30,35). The number of benzene rings is 1. The molecule has 1 aromatic carbocycles. The third-order valence-corrected chi connectivity index (χ3v) is 8.60. The molecule has 3 aliphatic rings. The smallest absolute Gasteiger partial charge is 0.422 e. The molecule has 2 saturated heterocycles. The number of rotatable bonds is 6. The largest absolute Gasteiger partial charge is 0.444 e. The summed E-state index contributed by atoms with van der Waals surface area (Å²) in [5.74, 6) is -0.434. The van der Waals surface area contributed by atoms with Crippen molar-refractivity contribution in [1.29, 1.82) is 0 Å². The highest BCUT2D eigenvalue weighted by atomic mass is 32.2. The van der Waals surface area contributed by atoms with Crippen LogP contribution in [0.2, 0.25) is 0 Å². The highest BCUT2D eigenvalue weighted by Gasteiger charge is 2.32. The molecule has 4 amide bonds. The molecule has 3 heterocycles. The summed E-state index contributed by atoms with van der Waals surface area (Å²) in [7, 11) is -4.14. The number of piperazine rings is 1.